The zero-order valence-corrected chi connectivity index (χ0v) is 7.78. The highest BCUT2D eigenvalue weighted by Gasteiger charge is 2.21. The SMILES string of the molecule is CC1CC(=O)Nc2ccc(N=O)cc21. The lowest BCUT2D eigenvalue weighted by atomic mass is 9.92. The van der Waals surface area contributed by atoms with E-state index in [1.54, 1.807) is 18.2 Å². The van der Waals surface area contributed by atoms with Gasteiger partial charge in [0, 0.05) is 12.1 Å². The van der Waals surface area contributed by atoms with Gasteiger partial charge in [-0.1, -0.05) is 6.92 Å². The molecule has 0 saturated carbocycles. The number of amides is 1. The van der Waals surface area contributed by atoms with Crippen LogP contribution in [0, 0.1) is 4.91 Å². The van der Waals surface area contributed by atoms with Gasteiger partial charge in [0.1, 0.15) is 5.69 Å². The zero-order valence-electron chi connectivity index (χ0n) is 7.78. The summed E-state index contributed by atoms with van der Waals surface area (Å²) in [5.41, 5.74) is 2.19. The Balaban J connectivity index is 2.48. The smallest absolute Gasteiger partial charge is 0.224 e. The normalized spacial score (nSPS) is 19.8. The molecule has 14 heavy (non-hydrogen) atoms. The second kappa shape index (κ2) is 3.21. The van der Waals surface area contributed by atoms with Crippen LogP contribution < -0.4 is 5.32 Å². The van der Waals surface area contributed by atoms with Gasteiger partial charge in [0.15, 0.2) is 0 Å². The summed E-state index contributed by atoms with van der Waals surface area (Å²) < 4.78 is 0. The molecule has 1 heterocycles. The Kier molecular flexibility index (Phi) is 2.04. The van der Waals surface area contributed by atoms with Crippen LogP contribution in [0.2, 0.25) is 0 Å². The van der Waals surface area contributed by atoms with Crippen molar-refractivity contribution in [2.45, 2.75) is 19.3 Å². The third kappa shape index (κ3) is 1.39. The molecule has 4 nitrogen and oxygen atoms in total. The number of anilines is 1. The molecule has 1 aliphatic rings. The minimum absolute atomic E-state index is 0.0248. The predicted molar refractivity (Wildman–Crippen MR) is 53.6 cm³/mol. The Bertz CT molecular complexity index is 401. The summed E-state index contributed by atoms with van der Waals surface area (Å²) in [5, 5.41) is 5.63. The summed E-state index contributed by atoms with van der Waals surface area (Å²) in [4.78, 5) is 21.5. The van der Waals surface area contributed by atoms with Crippen LogP contribution in [0.5, 0.6) is 0 Å². The molecule has 4 heteroatoms. The number of rotatable bonds is 1. The molecule has 0 bridgehead atoms. The molecule has 1 aromatic carbocycles. The average Bonchev–Trinajstić information content (AvgIpc) is 2.17. The Labute approximate surface area is 81.3 Å². The van der Waals surface area contributed by atoms with Gasteiger partial charge in [-0.15, -0.1) is 4.91 Å². The van der Waals surface area contributed by atoms with Crippen LogP contribution in [0.25, 0.3) is 0 Å². The highest BCUT2D eigenvalue weighted by atomic mass is 16.3. The first-order chi connectivity index (χ1) is 6.70. The van der Waals surface area contributed by atoms with Crippen LogP contribution in [-0.4, -0.2) is 5.91 Å². The Morgan fingerprint density at radius 2 is 2.29 bits per heavy atom. The number of nitrogens with one attached hydrogen (secondary N) is 1. The van der Waals surface area contributed by atoms with E-state index in [9.17, 15) is 9.70 Å². The molecular weight excluding hydrogens is 180 g/mol. The molecular formula is C10H10N2O2. The lowest BCUT2D eigenvalue weighted by Gasteiger charge is -2.22. The van der Waals surface area contributed by atoms with Crippen LogP contribution in [0.15, 0.2) is 23.4 Å². The lowest BCUT2D eigenvalue weighted by Crippen LogP contribution is -2.21. The van der Waals surface area contributed by atoms with E-state index < -0.39 is 0 Å². The van der Waals surface area contributed by atoms with Crippen molar-refractivity contribution in [1.29, 1.82) is 0 Å². The standard InChI is InChI=1S/C10H10N2O2/c1-6-4-10(13)11-9-3-2-7(12-14)5-8(6)9/h2-3,5-6H,4H2,1H3,(H,11,13). The average molecular weight is 190 g/mol. The van der Waals surface area contributed by atoms with E-state index in [0.717, 1.165) is 11.3 Å². The van der Waals surface area contributed by atoms with Crippen molar-refractivity contribution in [2.24, 2.45) is 5.18 Å². The van der Waals surface area contributed by atoms with Gasteiger partial charge in [-0.3, -0.25) is 4.79 Å². The van der Waals surface area contributed by atoms with E-state index >= 15 is 0 Å². The van der Waals surface area contributed by atoms with Crippen molar-refractivity contribution in [3.05, 3.63) is 28.7 Å². The van der Waals surface area contributed by atoms with Crippen LogP contribution in [0.1, 0.15) is 24.8 Å². The fourth-order valence-corrected chi connectivity index (χ4v) is 1.72. The van der Waals surface area contributed by atoms with E-state index in [4.69, 9.17) is 0 Å². The van der Waals surface area contributed by atoms with Crippen molar-refractivity contribution in [1.82, 2.24) is 0 Å². The predicted octanol–water partition coefficient (Wildman–Crippen LogP) is 2.53. The van der Waals surface area contributed by atoms with Crippen LogP contribution >= 0.6 is 0 Å². The summed E-state index contributed by atoms with van der Waals surface area (Å²) in [6, 6.07) is 5.05. The van der Waals surface area contributed by atoms with Gasteiger partial charge in [-0.05, 0) is 34.9 Å². The Morgan fingerprint density at radius 1 is 1.50 bits per heavy atom. The summed E-state index contributed by atoms with van der Waals surface area (Å²) in [7, 11) is 0. The van der Waals surface area contributed by atoms with Gasteiger partial charge in [-0.2, -0.15) is 0 Å². The van der Waals surface area contributed by atoms with E-state index in [1.807, 2.05) is 6.92 Å². The molecule has 0 saturated heterocycles. The third-order valence-corrected chi connectivity index (χ3v) is 2.44. The molecule has 1 aromatic rings. The van der Waals surface area contributed by atoms with Crippen molar-refractivity contribution in [3.63, 3.8) is 0 Å². The molecule has 0 radical (unpaired) electrons. The molecule has 0 aliphatic carbocycles. The largest absolute Gasteiger partial charge is 0.326 e. The second-order valence-corrected chi connectivity index (χ2v) is 3.52. The molecule has 72 valence electrons. The molecule has 0 fully saturated rings. The van der Waals surface area contributed by atoms with Gasteiger partial charge < -0.3 is 5.32 Å². The number of hydrogen-bond donors (Lipinski definition) is 1. The molecule has 1 unspecified atom stereocenters. The highest BCUT2D eigenvalue weighted by molar-refractivity contribution is 5.94. The monoisotopic (exact) mass is 190 g/mol. The number of nitrogens with zero attached hydrogens (tertiary/aromatic N) is 1. The Morgan fingerprint density at radius 3 is 3.00 bits per heavy atom. The molecule has 1 atom stereocenters. The highest BCUT2D eigenvalue weighted by Crippen LogP contribution is 2.34. The van der Waals surface area contributed by atoms with Gasteiger partial charge in [0.2, 0.25) is 5.91 Å². The number of hydrogen-bond acceptors (Lipinski definition) is 3. The van der Waals surface area contributed by atoms with Gasteiger partial charge in [0.25, 0.3) is 0 Å². The maximum Gasteiger partial charge on any atom is 0.224 e. The quantitative estimate of drug-likeness (QED) is 0.691. The lowest BCUT2D eigenvalue weighted by molar-refractivity contribution is -0.116. The number of benzene rings is 1. The van der Waals surface area contributed by atoms with Gasteiger partial charge in [0.05, 0.1) is 0 Å². The molecule has 2 rings (SSSR count). The number of nitroso groups, excluding NO2 is 1. The van der Waals surface area contributed by atoms with E-state index in [2.05, 4.69) is 10.5 Å². The zero-order chi connectivity index (χ0) is 10.1. The first-order valence-corrected chi connectivity index (χ1v) is 4.48. The van der Waals surface area contributed by atoms with Crippen molar-refractivity contribution in [2.75, 3.05) is 5.32 Å². The minimum Gasteiger partial charge on any atom is -0.326 e. The second-order valence-electron chi connectivity index (χ2n) is 3.52. The van der Waals surface area contributed by atoms with Gasteiger partial charge >= 0.3 is 0 Å². The number of carbonyl (C=O) groups is 1. The summed E-state index contributed by atoms with van der Waals surface area (Å²) >= 11 is 0. The maximum absolute atomic E-state index is 11.2. The Hall–Kier alpha value is -1.71. The molecule has 1 amide bonds. The summed E-state index contributed by atoms with van der Waals surface area (Å²) in [5.74, 6) is 0.178. The molecule has 0 aromatic heterocycles. The van der Waals surface area contributed by atoms with Crippen molar-refractivity contribution in [3.8, 4) is 0 Å². The van der Waals surface area contributed by atoms with Gasteiger partial charge in [-0.25, -0.2) is 0 Å². The first kappa shape index (κ1) is 8.87. The van der Waals surface area contributed by atoms with E-state index in [0.29, 0.717) is 12.1 Å². The van der Waals surface area contributed by atoms with Crippen molar-refractivity contribution >= 4 is 17.3 Å². The first-order valence-electron chi connectivity index (χ1n) is 4.48. The molecule has 1 aliphatic heterocycles. The maximum atomic E-state index is 11.2. The van der Waals surface area contributed by atoms with Crippen LogP contribution in [0.4, 0.5) is 11.4 Å². The minimum atomic E-state index is 0.0248. The molecule has 0 spiro atoms. The molecule has 1 N–H and O–H groups in total. The number of carbonyl (C=O) groups excluding carboxylic acids is 1. The van der Waals surface area contributed by atoms with Crippen molar-refractivity contribution < 1.29 is 4.79 Å². The van der Waals surface area contributed by atoms with E-state index in [1.165, 1.54) is 0 Å². The van der Waals surface area contributed by atoms with Crippen LogP contribution in [-0.2, 0) is 4.79 Å². The number of fused-ring (bicyclic) bond motifs is 1. The third-order valence-electron chi connectivity index (χ3n) is 2.44. The summed E-state index contributed by atoms with van der Waals surface area (Å²) in [6.45, 7) is 1.96. The summed E-state index contributed by atoms with van der Waals surface area (Å²) in [6.07, 6.45) is 0.468. The fraction of sp³-hybridized carbons (Fsp3) is 0.300. The van der Waals surface area contributed by atoms with Crippen LogP contribution in [0.3, 0.4) is 0 Å². The fourth-order valence-electron chi connectivity index (χ4n) is 1.72. The topological polar surface area (TPSA) is 58.5 Å². The van der Waals surface area contributed by atoms with E-state index in [-0.39, 0.29) is 11.8 Å².